The Hall–Kier alpha value is -1.45. The smallest absolute Gasteiger partial charge is 0.0702 e. The Bertz CT molecular complexity index is 428. The lowest BCUT2D eigenvalue weighted by molar-refractivity contribution is 0.0867. The summed E-state index contributed by atoms with van der Waals surface area (Å²) in [5.41, 5.74) is 4.93. The standard InChI is InChI=1S/C11H12N2O/c1-14-13-8-9-6-10-4-2-3-5-11(10)12-7-9/h2-7,13H,8H2,1H3. The van der Waals surface area contributed by atoms with Crippen LogP contribution in [0.4, 0.5) is 0 Å². The Morgan fingerprint density at radius 2 is 2.21 bits per heavy atom. The van der Waals surface area contributed by atoms with Crippen molar-refractivity contribution in [3.8, 4) is 0 Å². The van der Waals surface area contributed by atoms with E-state index in [0.717, 1.165) is 16.5 Å². The monoisotopic (exact) mass is 188 g/mol. The molecule has 0 radical (unpaired) electrons. The van der Waals surface area contributed by atoms with E-state index >= 15 is 0 Å². The number of rotatable bonds is 3. The number of pyridine rings is 1. The molecule has 0 saturated carbocycles. The molecule has 1 aromatic carbocycles. The second kappa shape index (κ2) is 4.17. The van der Waals surface area contributed by atoms with Gasteiger partial charge in [0.05, 0.1) is 12.6 Å². The van der Waals surface area contributed by atoms with Crippen molar-refractivity contribution < 1.29 is 4.84 Å². The summed E-state index contributed by atoms with van der Waals surface area (Å²) in [5.74, 6) is 0. The summed E-state index contributed by atoms with van der Waals surface area (Å²) in [5, 5.41) is 1.16. The largest absolute Gasteiger partial charge is 0.305 e. The van der Waals surface area contributed by atoms with Gasteiger partial charge in [-0.3, -0.25) is 4.98 Å². The average molecular weight is 188 g/mol. The molecule has 3 heteroatoms. The van der Waals surface area contributed by atoms with Crippen LogP contribution in [0.2, 0.25) is 0 Å². The van der Waals surface area contributed by atoms with E-state index in [0.29, 0.717) is 6.54 Å². The topological polar surface area (TPSA) is 34.1 Å². The average Bonchev–Trinajstić information content (AvgIpc) is 2.26. The quantitative estimate of drug-likeness (QED) is 0.747. The number of nitrogens with zero attached hydrogens (tertiary/aromatic N) is 1. The van der Waals surface area contributed by atoms with Crippen molar-refractivity contribution in [1.29, 1.82) is 0 Å². The predicted molar refractivity (Wildman–Crippen MR) is 55.6 cm³/mol. The molecule has 1 heterocycles. The Morgan fingerprint density at radius 3 is 3.07 bits per heavy atom. The molecular formula is C11H12N2O. The third kappa shape index (κ3) is 1.89. The van der Waals surface area contributed by atoms with Gasteiger partial charge in [0, 0.05) is 18.1 Å². The summed E-state index contributed by atoms with van der Waals surface area (Å²) in [7, 11) is 1.61. The molecule has 1 N–H and O–H groups in total. The molecule has 72 valence electrons. The van der Waals surface area contributed by atoms with Crippen LogP contribution in [0.3, 0.4) is 0 Å². The fourth-order valence-corrected chi connectivity index (χ4v) is 1.37. The minimum Gasteiger partial charge on any atom is -0.305 e. The highest BCUT2D eigenvalue weighted by molar-refractivity contribution is 5.78. The van der Waals surface area contributed by atoms with E-state index in [4.69, 9.17) is 4.84 Å². The number of hydrogen-bond donors (Lipinski definition) is 1. The molecule has 0 atom stereocenters. The van der Waals surface area contributed by atoms with Crippen LogP contribution in [0.25, 0.3) is 10.9 Å². The molecule has 0 saturated heterocycles. The van der Waals surface area contributed by atoms with Crippen LogP contribution in [0.1, 0.15) is 5.56 Å². The van der Waals surface area contributed by atoms with Crippen molar-refractivity contribution in [3.63, 3.8) is 0 Å². The highest BCUT2D eigenvalue weighted by Gasteiger charge is 1.96. The maximum absolute atomic E-state index is 4.78. The number of para-hydroxylation sites is 1. The first kappa shape index (κ1) is 9.12. The third-order valence-corrected chi connectivity index (χ3v) is 2.07. The second-order valence-electron chi connectivity index (χ2n) is 3.06. The van der Waals surface area contributed by atoms with Gasteiger partial charge in [-0.2, -0.15) is 5.48 Å². The molecule has 0 amide bonds. The number of hydroxylamine groups is 1. The van der Waals surface area contributed by atoms with Gasteiger partial charge in [0.15, 0.2) is 0 Å². The maximum atomic E-state index is 4.78. The van der Waals surface area contributed by atoms with Crippen molar-refractivity contribution in [2.45, 2.75) is 6.54 Å². The Kier molecular flexibility index (Phi) is 2.72. The number of aromatic nitrogens is 1. The van der Waals surface area contributed by atoms with Crippen LogP contribution in [-0.2, 0) is 11.4 Å². The minimum atomic E-state index is 0.675. The van der Waals surface area contributed by atoms with Gasteiger partial charge in [0.2, 0.25) is 0 Å². The van der Waals surface area contributed by atoms with Crippen molar-refractivity contribution in [2.75, 3.05) is 7.11 Å². The second-order valence-corrected chi connectivity index (χ2v) is 3.06. The lowest BCUT2D eigenvalue weighted by Crippen LogP contribution is -2.10. The van der Waals surface area contributed by atoms with Gasteiger partial charge in [-0.15, -0.1) is 0 Å². The molecule has 2 aromatic rings. The zero-order valence-electron chi connectivity index (χ0n) is 8.03. The highest BCUT2D eigenvalue weighted by atomic mass is 16.6. The van der Waals surface area contributed by atoms with Gasteiger partial charge < -0.3 is 4.84 Å². The van der Waals surface area contributed by atoms with Crippen LogP contribution in [0.5, 0.6) is 0 Å². The van der Waals surface area contributed by atoms with Crippen LogP contribution in [-0.4, -0.2) is 12.1 Å². The Morgan fingerprint density at radius 1 is 1.36 bits per heavy atom. The van der Waals surface area contributed by atoms with Gasteiger partial charge in [0.1, 0.15) is 0 Å². The summed E-state index contributed by atoms with van der Waals surface area (Å²) in [4.78, 5) is 9.12. The first-order chi connectivity index (χ1) is 6.90. The molecule has 0 aliphatic carbocycles. The fourth-order valence-electron chi connectivity index (χ4n) is 1.37. The third-order valence-electron chi connectivity index (χ3n) is 2.07. The SMILES string of the molecule is CONCc1cnc2ccccc2c1. The summed E-state index contributed by atoms with van der Waals surface area (Å²) in [6, 6.07) is 10.2. The molecule has 0 spiro atoms. The Balaban J connectivity index is 2.32. The molecular weight excluding hydrogens is 176 g/mol. The fraction of sp³-hybridized carbons (Fsp3) is 0.182. The normalized spacial score (nSPS) is 10.6. The first-order valence-corrected chi connectivity index (χ1v) is 4.49. The highest BCUT2D eigenvalue weighted by Crippen LogP contribution is 2.12. The van der Waals surface area contributed by atoms with Gasteiger partial charge in [0.25, 0.3) is 0 Å². The number of fused-ring (bicyclic) bond motifs is 1. The minimum absolute atomic E-state index is 0.675. The summed E-state index contributed by atoms with van der Waals surface area (Å²) in [6.45, 7) is 0.675. The van der Waals surface area contributed by atoms with Crippen molar-refractivity contribution in [3.05, 3.63) is 42.1 Å². The predicted octanol–water partition coefficient (Wildman–Crippen LogP) is 1.89. The molecule has 0 aliphatic heterocycles. The number of benzene rings is 1. The summed E-state index contributed by atoms with van der Waals surface area (Å²) >= 11 is 0. The van der Waals surface area contributed by atoms with Crippen molar-refractivity contribution in [2.24, 2.45) is 0 Å². The molecule has 0 unspecified atom stereocenters. The number of nitrogens with one attached hydrogen (secondary N) is 1. The van der Waals surface area contributed by atoms with Crippen molar-refractivity contribution >= 4 is 10.9 Å². The lowest BCUT2D eigenvalue weighted by atomic mass is 10.2. The molecule has 3 nitrogen and oxygen atoms in total. The van der Waals surface area contributed by atoms with Gasteiger partial charge >= 0.3 is 0 Å². The van der Waals surface area contributed by atoms with E-state index in [1.165, 1.54) is 0 Å². The van der Waals surface area contributed by atoms with Crippen LogP contribution in [0.15, 0.2) is 36.5 Å². The van der Waals surface area contributed by atoms with E-state index in [-0.39, 0.29) is 0 Å². The van der Waals surface area contributed by atoms with E-state index in [2.05, 4.69) is 22.6 Å². The molecule has 2 rings (SSSR count). The van der Waals surface area contributed by atoms with E-state index in [1.807, 2.05) is 24.4 Å². The zero-order valence-corrected chi connectivity index (χ0v) is 8.03. The van der Waals surface area contributed by atoms with E-state index in [1.54, 1.807) is 7.11 Å². The van der Waals surface area contributed by atoms with Gasteiger partial charge in [-0.1, -0.05) is 18.2 Å². The van der Waals surface area contributed by atoms with E-state index in [9.17, 15) is 0 Å². The zero-order chi connectivity index (χ0) is 9.80. The van der Waals surface area contributed by atoms with Gasteiger partial charge in [-0.05, 0) is 17.7 Å². The molecule has 1 aromatic heterocycles. The summed E-state index contributed by atoms with van der Waals surface area (Å²) < 4.78 is 0. The number of hydrogen-bond acceptors (Lipinski definition) is 3. The van der Waals surface area contributed by atoms with Crippen LogP contribution < -0.4 is 5.48 Å². The van der Waals surface area contributed by atoms with Crippen LogP contribution in [0, 0.1) is 0 Å². The van der Waals surface area contributed by atoms with Crippen molar-refractivity contribution in [1.82, 2.24) is 10.5 Å². The lowest BCUT2D eigenvalue weighted by Gasteiger charge is -2.03. The van der Waals surface area contributed by atoms with E-state index < -0.39 is 0 Å². The molecule has 0 bridgehead atoms. The van der Waals surface area contributed by atoms with Gasteiger partial charge in [-0.25, -0.2) is 0 Å². The molecule has 0 fully saturated rings. The first-order valence-electron chi connectivity index (χ1n) is 4.49. The molecule has 14 heavy (non-hydrogen) atoms. The maximum Gasteiger partial charge on any atom is 0.0702 e. The molecule has 0 aliphatic rings. The Labute approximate surface area is 82.7 Å². The summed E-state index contributed by atoms with van der Waals surface area (Å²) in [6.07, 6.45) is 1.86. The van der Waals surface area contributed by atoms with Crippen LogP contribution >= 0.6 is 0 Å².